The Morgan fingerprint density at radius 2 is 1.59 bits per heavy atom. The molecule has 1 N–H and O–H groups in total. The Balaban J connectivity index is 2.10. The van der Waals surface area contributed by atoms with Gasteiger partial charge in [-0.15, -0.1) is 0 Å². The molecular formula is C15H16O2. The van der Waals surface area contributed by atoms with Crippen molar-refractivity contribution in [1.82, 2.24) is 0 Å². The molecule has 0 saturated heterocycles. The summed E-state index contributed by atoms with van der Waals surface area (Å²) in [5.41, 5.74) is 2.84. The average Bonchev–Trinajstić information content (AvgIpc) is 2.34. The Kier molecular flexibility index (Phi) is 3.33. The first-order valence-corrected chi connectivity index (χ1v) is 5.64. The van der Waals surface area contributed by atoms with Crippen molar-refractivity contribution < 1.29 is 9.84 Å². The van der Waals surface area contributed by atoms with Crippen molar-refractivity contribution in [3.05, 3.63) is 59.2 Å². The van der Waals surface area contributed by atoms with Crippen molar-refractivity contribution in [1.29, 1.82) is 0 Å². The Bertz CT molecular complexity index is 481. The van der Waals surface area contributed by atoms with Crippen LogP contribution in [0.3, 0.4) is 0 Å². The Morgan fingerprint density at radius 1 is 1.00 bits per heavy atom. The summed E-state index contributed by atoms with van der Waals surface area (Å²) in [6.07, 6.45) is 0. The van der Waals surface area contributed by atoms with E-state index in [1.807, 2.05) is 56.3 Å². The van der Waals surface area contributed by atoms with Crippen molar-refractivity contribution >= 4 is 0 Å². The van der Waals surface area contributed by atoms with Gasteiger partial charge in [-0.3, -0.25) is 0 Å². The minimum absolute atomic E-state index is 0.369. The summed E-state index contributed by atoms with van der Waals surface area (Å²) in [6, 6.07) is 13.6. The quantitative estimate of drug-likeness (QED) is 0.870. The molecule has 88 valence electrons. The molecule has 0 aliphatic rings. The summed E-state index contributed by atoms with van der Waals surface area (Å²) >= 11 is 0. The fraction of sp³-hybridized carbons (Fsp3) is 0.200. The van der Waals surface area contributed by atoms with Gasteiger partial charge in [0.2, 0.25) is 0 Å². The van der Waals surface area contributed by atoms with Gasteiger partial charge in [-0.2, -0.15) is 0 Å². The third-order valence-electron chi connectivity index (χ3n) is 2.70. The first-order chi connectivity index (χ1) is 8.16. The molecule has 0 atom stereocenters. The Morgan fingerprint density at radius 3 is 2.18 bits per heavy atom. The van der Waals surface area contributed by atoms with E-state index in [1.165, 1.54) is 0 Å². The number of hydrogen-bond acceptors (Lipinski definition) is 2. The molecule has 0 heterocycles. The second-order valence-electron chi connectivity index (χ2n) is 4.18. The number of hydrogen-bond donors (Lipinski definition) is 1. The average molecular weight is 228 g/mol. The highest BCUT2D eigenvalue weighted by Crippen LogP contribution is 2.23. The molecule has 2 nitrogen and oxygen atoms in total. The zero-order valence-corrected chi connectivity index (χ0v) is 10.1. The van der Waals surface area contributed by atoms with E-state index in [-0.39, 0.29) is 0 Å². The van der Waals surface area contributed by atoms with Gasteiger partial charge in [-0.05, 0) is 54.8 Å². The van der Waals surface area contributed by atoms with Gasteiger partial charge >= 0.3 is 0 Å². The second kappa shape index (κ2) is 4.91. The Labute approximate surface area is 101 Å². The topological polar surface area (TPSA) is 29.5 Å². The zero-order chi connectivity index (χ0) is 12.3. The zero-order valence-electron chi connectivity index (χ0n) is 10.1. The predicted molar refractivity (Wildman–Crippen MR) is 68.4 cm³/mol. The molecule has 2 heteroatoms. The van der Waals surface area contributed by atoms with Crippen LogP contribution in [0, 0.1) is 13.8 Å². The molecule has 0 unspecified atom stereocenters. The van der Waals surface area contributed by atoms with Crippen LogP contribution in [-0.2, 0) is 6.61 Å². The highest BCUT2D eigenvalue weighted by molar-refractivity contribution is 5.42. The number of phenols is 1. The number of aromatic hydroxyl groups is 1. The SMILES string of the molecule is Cc1cc(COc2ccccc2)cc(C)c1O. The molecule has 0 fully saturated rings. The van der Waals surface area contributed by atoms with Crippen LogP contribution < -0.4 is 4.74 Å². The van der Waals surface area contributed by atoms with Gasteiger partial charge in [0.15, 0.2) is 0 Å². The van der Waals surface area contributed by atoms with E-state index in [0.717, 1.165) is 22.4 Å². The number of aryl methyl sites for hydroxylation is 2. The molecule has 0 amide bonds. The molecule has 0 aliphatic carbocycles. The maximum absolute atomic E-state index is 9.68. The van der Waals surface area contributed by atoms with Crippen LogP contribution >= 0.6 is 0 Å². The van der Waals surface area contributed by atoms with E-state index in [2.05, 4.69) is 0 Å². The van der Waals surface area contributed by atoms with Crippen molar-refractivity contribution in [3.8, 4) is 11.5 Å². The van der Waals surface area contributed by atoms with E-state index in [9.17, 15) is 5.11 Å². The number of rotatable bonds is 3. The number of phenolic OH excluding ortho intramolecular Hbond substituents is 1. The normalized spacial score (nSPS) is 10.2. The fourth-order valence-electron chi connectivity index (χ4n) is 1.81. The van der Waals surface area contributed by atoms with Crippen LogP contribution in [0.1, 0.15) is 16.7 Å². The molecule has 0 aromatic heterocycles. The first-order valence-electron chi connectivity index (χ1n) is 5.64. The summed E-state index contributed by atoms with van der Waals surface area (Å²) in [5, 5.41) is 9.68. The van der Waals surface area contributed by atoms with Gasteiger partial charge in [0, 0.05) is 0 Å². The highest BCUT2D eigenvalue weighted by Gasteiger charge is 2.03. The maximum Gasteiger partial charge on any atom is 0.121 e. The van der Waals surface area contributed by atoms with Crippen molar-refractivity contribution in [2.24, 2.45) is 0 Å². The van der Waals surface area contributed by atoms with Crippen LogP contribution in [-0.4, -0.2) is 5.11 Å². The predicted octanol–water partition coefficient (Wildman–Crippen LogP) is 3.59. The molecule has 2 aromatic rings. The van der Waals surface area contributed by atoms with Gasteiger partial charge in [0.1, 0.15) is 18.1 Å². The summed E-state index contributed by atoms with van der Waals surface area (Å²) < 4.78 is 5.66. The summed E-state index contributed by atoms with van der Waals surface area (Å²) in [5.74, 6) is 1.23. The van der Waals surface area contributed by atoms with Crippen LogP contribution in [0.15, 0.2) is 42.5 Å². The lowest BCUT2D eigenvalue weighted by Crippen LogP contribution is -1.96. The summed E-state index contributed by atoms with van der Waals surface area (Å²) in [6.45, 7) is 4.31. The summed E-state index contributed by atoms with van der Waals surface area (Å²) in [7, 11) is 0. The molecule has 2 aromatic carbocycles. The van der Waals surface area contributed by atoms with Gasteiger partial charge < -0.3 is 9.84 Å². The van der Waals surface area contributed by atoms with E-state index < -0.39 is 0 Å². The van der Waals surface area contributed by atoms with Crippen LogP contribution in [0.25, 0.3) is 0 Å². The van der Waals surface area contributed by atoms with E-state index in [0.29, 0.717) is 12.4 Å². The molecule has 0 aliphatic heterocycles. The number of benzene rings is 2. The monoisotopic (exact) mass is 228 g/mol. The molecule has 0 saturated carbocycles. The van der Waals surface area contributed by atoms with Gasteiger partial charge in [0.05, 0.1) is 0 Å². The lowest BCUT2D eigenvalue weighted by Gasteiger charge is -2.09. The fourth-order valence-corrected chi connectivity index (χ4v) is 1.81. The van der Waals surface area contributed by atoms with Crippen LogP contribution in [0.5, 0.6) is 11.5 Å². The van der Waals surface area contributed by atoms with Crippen molar-refractivity contribution in [2.45, 2.75) is 20.5 Å². The minimum Gasteiger partial charge on any atom is -0.507 e. The molecular weight excluding hydrogens is 212 g/mol. The molecule has 0 radical (unpaired) electrons. The van der Waals surface area contributed by atoms with E-state index in [1.54, 1.807) is 0 Å². The Hall–Kier alpha value is -1.96. The van der Waals surface area contributed by atoms with Crippen LogP contribution in [0.4, 0.5) is 0 Å². The van der Waals surface area contributed by atoms with Crippen molar-refractivity contribution in [3.63, 3.8) is 0 Å². The lowest BCUT2D eigenvalue weighted by molar-refractivity contribution is 0.306. The highest BCUT2D eigenvalue weighted by atomic mass is 16.5. The first kappa shape index (κ1) is 11.5. The number of para-hydroxylation sites is 1. The van der Waals surface area contributed by atoms with E-state index in [4.69, 9.17) is 4.74 Å². The summed E-state index contributed by atoms with van der Waals surface area (Å²) in [4.78, 5) is 0. The third-order valence-corrected chi connectivity index (χ3v) is 2.70. The minimum atomic E-state index is 0.369. The van der Waals surface area contributed by atoms with Crippen LogP contribution in [0.2, 0.25) is 0 Å². The third kappa shape index (κ3) is 2.78. The van der Waals surface area contributed by atoms with Gasteiger partial charge in [-0.25, -0.2) is 0 Å². The molecule has 0 spiro atoms. The lowest BCUT2D eigenvalue weighted by atomic mass is 10.1. The van der Waals surface area contributed by atoms with E-state index >= 15 is 0 Å². The second-order valence-corrected chi connectivity index (χ2v) is 4.18. The molecule has 2 rings (SSSR count). The van der Waals surface area contributed by atoms with Gasteiger partial charge in [0.25, 0.3) is 0 Å². The van der Waals surface area contributed by atoms with Crippen molar-refractivity contribution in [2.75, 3.05) is 0 Å². The largest absolute Gasteiger partial charge is 0.507 e. The molecule has 17 heavy (non-hydrogen) atoms. The maximum atomic E-state index is 9.68. The molecule has 0 bridgehead atoms. The van der Waals surface area contributed by atoms with Gasteiger partial charge in [-0.1, -0.05) is 18.2 Å². The smallest absolute Gasteiger partial charge is 0.121 e. The number of ether oxygens (including phenoxy) is 1. The standard InChI is InChI=1S/C15H16O2/c1-11-8-13(9-12(2)15(11)16)10-17-14-6-4-3-5-7-14/h3-9,16H,10H2,1-2H3.